The SMILES string of the molecule is Cc1ccc(OC(Oc2cc(C)ccc2C(C)C)c2c(C(C)C)cc(C)c(C)c2-c2c(C)c(C)cc(C(C)C)c2O)c(C)c1. The molecule has 0 aliphatic rings. The molecule has 0 aromatic heterocycles. The van der Waals surface area contributed by atoms with Crippen LogP contribution in [0.15, 0.2) is 48.5 Å². The molecule has 0 saturated heterocycles. The Morgan fingerprint density at radius 3 is 1.57 bits per heavy atom. The van der Waals surface area contributed by atoms with Crippen molar-refractivity contribution in [1.29, 1.82) is 0 Å². The fourth-order valence-corrected chi connectivity index (χ4v) is 6.22. The Morgan fingerprint density at radius 1 is 0.500 bits per heavy atom. The molecule has 1 unspecified atom stereocenters. The molecule has 3 heteroatoms. The molecular weight excluding hydrogens is 540 g/mol. The Morgan fingerprint density at radius 2 is 1.00 bits per heavy atom. The first-order chi connectivity index (χ1) is 20.6. The van der Waals surface area contributed by atoms with E-state index in [-0.39, 0.29) is 17.8 Å². The first-order valence-electron chi connectivity index (χ1n) is 16.1. The van der Waals surface area contributed by atoms with Gasteiger partial charge in [-0.2, -0.15) is 0 Å². The average Bonchev–Trinajstić information content (AvgIpc) is 2.93. The van der Waals surface area contributed by atoms with Gasteiger partial charge in [0.2, 0.25) is 0 Å². The van der Waals surface area contributed by atoms with Gasteiger partial charge >= 0.3 is 0 Å². The van der Waals surface area contributed by atoms with E-state index in [1.54, 1.807) is 0 Å². The monoisotopic (exact) mass is 592 g/mol. The number of benzene rings is 4. The van der Waals surface area contributed by atoms with E-state index in [9.17, 15) is 5.11 Å². The van der Waals surface area contributed by atoms with Crippen molar-refractivity contribution in [2.75, 3.05) is 0 Å². The average molecular weight is 593 g/mol. The summed E-state index contributed by atoms with van der Waals surface area (Å²) >= 11 is 0. The molecule has 0 aliphatic carbocycles. The Labute approximate surface area is 266 Å². The van der Waals surface area contributed by atoms with E-state index in [4.69, 9.17) is 9.47 Å². The van der Waals surface area contributed by atoms with Crippen molar-refractivity contribution in [3.05, 3.63) is 110 Å². The third-order valence-electron chi connectivity index (χ3n) is 9.09. The zero-order valence-corrected chi connectivity index (χ0v) is 29.2. The highest BCUT2D eigenvalue weighted by molar-refractivity contribution is 5.83. The van der Waals surface area contributed by atoms with Gasteiger partial charge in [-0.3, -0.25) is 0 Å². The number of hydrogen-bond acceptors (Lipinski definition) is 3. The van der Waals surface area contributed by atoms with Gasteiger partial charge in [0.25, 0.3) is 6.29 Å². The maximum absolute atomic E-state index is 12.0. The normalized spacial score (nSPS) is 12.4. The second-order valence-electron chi connectivity index (χ2n) is 13.7. The zero-order chi connectivity index (χ0) is 32.6. The minimum atomic E-state index is -0.760. The summed E-state index contributed by atoms with van der Waals surface area (Å²) in [4.78, 5) is 0. The largest absolute Gasteiger partial charge is 0.507 e. The van der Waals surface area contributed by atoms with Crippen molar-refractivity contribution < 1.29 is 14.6 Å². The lowest BCUT2D eigenvalue weighted by molar-refractivity contribution is 0.00193. The summed E-state index contributed by atoms with van der Waals surface area (Å²) in [6.07, 6.45) is -0.760. The summed E-state index contributed by atoms with van der Waals surface area (Å²) in [5, 5.41) is 12.0. The van der Waals surface area contributed by atoms with Crippen LogP contribution in [0.1, 0.15) is 127 Å². The summed E-state index contributed by atoms with van der Waals surface area (Å²) < 4.78 is 14.1. The summed E-state index contributed by atoms with van der Waals surface area (Å²) in [6.45, 7) is 28.0. The molecule has 0 spiro atoms. The lowest BCUT2D eigenvalue weighted by Gasteiger charge is -2.31. The number of aryl methyl sites for hydroxylation is 5. The van der Waals surface area contributed by atoms with Crippen molar-refractivity contribution in [2.24, 2.45) is 0 Å². The van der Waals surface area contributed by atoms with Crippen molar-refractivity contribution in [3.8, 4) is 28.4 Å². The van der Waals surface area contributed by atoms with Crippen LogP contribution >= 0.6 is 0 Å². The van der Waals surface area contributed by atoms with Gasteiger partial charge < -0.3 is 14.6 Å². The Balaban J connectivity index is 2.14. The molecule has 0 heterocycles. The highest BCUT2D eigenvalue weighted by Gasteiger charge is 2.31. The predicted molar refractivity (Wildman–Crippen MR) is 186 cm³/mol. The maximum Gasteiger partial charge on any atom is 0.268 e. The molecule has 1 N–H and O–H groups in total. The molecule has 0 amide bonds. The molecule has 0 aliphatic heterocycles. The second kappa shape index (κ2) is 13.1. The molecular formula is C41H52O3. The first kappa shape index (κ1) is 33.2. The summed E-state index contributed by atoms with van der Waals surface area (Å²) in [7, 11) is 0. The molecule has 0 radical (unpaired) electrons. The Bertz CT molecular complexity index is 1670. The fourth-order valence-electron chi connectivity index (χ4n) is 6.22. The lowest BCUT2D eigenvalue weighted by Crippen LogP contribution is -2.21. The van der Waals surface area contributed by atoms with E-state index in [1.807, 2.05) is 6.07 Å². The van der Waals surface area contributed by atoms with Gasteiger partial charge in [0.05, 0.1) is 0 Å². The van der Waals surface area contributed by atoms with E-state index >= 15 is 0 Å². The number of hydrogen-bond donors (Lipinski definition) is 1. The van der Waals surface area contributed by atoms with Crippen molar-refractivity contribution in [3.63, 3.8) is 0 Å². The summed E-state index contributed by atoms with van der Waals surface area (Å²) in [5.74, 6) is 2.58. The van der Waals surface area contributed by atoms with Crippen LogP contribution in [0.5, 0.6) is 17.2 Å². The molecule has 4 rings (SSSR count). The van der Waals surface area contributed by atoms with Gasteiger partial charge in [-0.25, -0.2) is 0 Å². The van der Waals surface area contributed by atoms with Crippen LogP contribution in [0, 0.1) is 48.5 Å². The van der Waals surface area contributed by atoms with Crippen LogP contribution in [-0.4, -0.2) is 5.11 Å². The number of phenolic OH excluding ortho intramolecular Hbond substituents is 1. The van der Waals surface area contributed by atoms with Gasteiger partial charge in [-0.1, -0.05) is 83.5 Å². The Kier molecular flexibility index (Phi) is 9.88. The minimum Gasteiger partial charge on any atom is -0.507 e. The number of rotatable bonds is 9. The highest BCUT2D eigenvalue weighted by atomic mass is 16.7. The zero-order valence-electron chi connectivity index (χ0n) is 29.2. The van der Waals surface area contributed by atoms with Crippen LogP contribution in [0.4, 0.5) is 0 Å². The number of ether oxygens (including phenoxy) is 2. The molecule has 234 valence electrons. The van der Waals surface area contributed by atoms with Crippen LogP contribution in [0.25, 0.3) is 11.1 Å². The van der Waals surface area contributed by atoms with Gasteiger partial charge in [-0.15, -0.1) is 0 Å². The van der Waals surface area contributed by atoms with Gasteiger partial charge in [0.1, 0.15) is 17.2 Å². The highest BCUT2D eigenvalue weighted by Crippen LogP contribution is 2.48. The second-order valence-corrected chi connectivity index (χ2v) is 13.7. The Hall–Kier alpha value is -3.72. The smallest absolute Gasteiger partial charge is 0.268 e. The van der Waals surface area contributed by atoms with Crippen LogP contribution in [-0.2, 0) is 0 Å². The maximum atomic E-state index is 12.0. The molecule has 4 aromatic carbocycles. The molecule has 4 aromatic rings. The van der Waals surface area contributed by atoms with Crippen LogP contribution in [0.3, 0.4) is 0 Å². The van der Waals surface area contributed by atoms with E-state index in [1.165, 1.54) is 11.1 Å². The molecule has 3 nitrogen and oxygen atoms in total. The van der Waals surface area contributed by atoms with Gasteiger partial charge in [0, 0.05) is 11.1 Å². The number of aromatic hydroxyl groups is 1. The first-order valence-corrected chi connectivity index (χ1v) is 16.1. The molecule has 0 fully saturated rings. The van der Waals surface area contributed by atoms with E-state index in [0.717, 1.165) is 72.7 Å². The van der Waals surface area contributed by atoms with Crippen LogP contribution in [0.2, 0.25) is 0 Å². The van der Waals surface area contributed by atoms with E-state index in [2.05, 4.69) is 132 Å². The summed E-state index contributed by atoms with van der Waals surface area (Å²) in [5.41, 5.74) is 14.0. The van der Waals surface area contributed by atoms with E-state index in [0.29, 0.717) is 5.75 Å². The lowest BCUT2D eigenvalue weighted by atomic mass is 9.80. The molecule has 1 atom stereocenters. The van der Waals surface area contributed by atoms with Crippen molar-refractivity contribution in [1.82, 2.24) is 0 Å². The van der Waals surface area contributed by atoms with Gasteiger partial charge in [0.15, 0.2) is 0 Å². The van der Waals surface area contributed by atoms with Crippen molar-refractivity contribution >= 4 is 0 Å². The van der Waals surface area contributed by atoms with Crippen LogP contribution < -0.4 is 9.47 Å². The molecule has 0 saturated carbocycles. The predicted octanol–water partition coefficient (Wildman–Crippen LogP) is 11.7. The standard InChI is InChI=1S/C41H52O3/c1-22(2)32-16-14-26(8)19-36(32)44-41(43-35-17-15-25(7)18-29(35)11)39-33(23(3)4)20-27(9)30(12)37(39)38-31(13)28(10)21-34(24(5)6)40(38)42/h14-24,41-42H,1-13H3. The minimum absolute atomic E-state index is 0.172. The molecule has 44 heavy (non-hydrogen) atoms. The quantitative estimate of drug-likeness (QED) is 0.196. The van der Waals surface area contributed by atoms with E-state index < -0.39 is 6.29 Å². The third-order valence-corrected chi connectivity index (χ3v) is 9.09. The fraction of sp³-hybridized carbons (Fsp3) is 0.415. The topological polar surface area (TPSA) is 38.7 Å². The molecule has 0 bridgehead atoms. The third kappa shape index (κ3) is 6.53. The van der Waals surface area contributed by atoms with Gasteiger partial charge in [-0.05, 0) is 134 Å². The van der Waals surface area contributed by atoms with Crippen molar-refractivity contribution in [2.45, 2.75) is 114 Å². The summed E-state index contributed by atoms with van der Waals surface area (Å²) in [6, 6.07) is 17.1. The number of phenols is 1.